The van der Waals surface area contributed by atoms with Gasteiger partial charge in [0, 0.05) is 18.9 Å². The van der Waals surface area contributed by atoms with Gasteiger partial charge in [0.2, 0.25) is 5.88 Å². The van der Waals surface area contributed by atoms with Crippen LogP contribution in [0.4, 0.5) is 0 Å². The van der Waals surface area contributed by atoms with Crippen LogP contribution in [0.5, 0.6) is 5.88 Å². The molecule has 6 heteroatoms. The van der Waals surface area contributed by atoms with E-state index in [2.05, 4.69) is 14.9 Å². The lowest BCUT2D eigenvalue weighted by atomic mass is 9.72. The molecule has 132 valence electrons. The number of hydrogen-bond donors (Lipinski definition) is 1. The number of likely N-dealkylation sites (tertiary alicyclic amines) is 1. The maximum atomic E-state index is 12.1. The second kappa shape index (κ2) is 7.19. The average Bonchev–Trinajstić information content (AvgIpc) is 2.63. The molecule has 6 nitrogen and oxygen atoms in total. The number of carboxylic acids is 1. The predicted octanol–water partition coefficient (Wildman–Crippen LogP) is 2.41. The first-order valence-electron chi connectivity index (χ1n) is 8.42. The topological polar surface area (TPSA) is 75.6 Å². The van der Waals surface area contributed by atoms with E-state index in [4.69, 9.17) is 4.74 Å². The summed E-state index contributed by atoms with van der Waals surface area (Å²) < 4.78 is 5.25. The molecule has 0 spiro atoms. The van der Waals surface area contributed by atoms with Crippen molar-refractivity contribution in [3.8, 4) is 5.88 Å². The molecule has 0 atom stereocenters. The molecule has 0 saturated carbocycles. The lowest BCUT2D eigenvalue weighted by Crippen LogP contribution is -2.47. The van der Waals surface area contributed by atoms with Crippen molar-refractivity contribution in [2.45, 2.75) is 31.7 Å². The monoisotopic (exact) mass is 341 g/mol. The summed E-state index contributed by atoms with van der Waals surface area (Å²) >= 11 is 0. The van der Waals surface area contributed by atoms with Crippen molar-refractivity contribution in [1.29, 1.82) is 0 Å². The minimum absolute atomic E-state index is 0.524. The van der Waals surface area contributed by atoms with Gasteiger partial charge >= 0.3 is 5.97 Å². The Hall–Kier alpha value is -2.47. The van der Waals surface area contributed by atoms with E-state index < -0.39 is 11.4 Å². The molecule has 3 rings (SSSR count). The molecule has 1 aliphatic heterocycles. The molecular weight excluding hydrogens is 318 g/mol. The molecule has 0 unspecified atom stereocenters. The fourth-order valence-electron chi connectivity index (χ4n) is 3.44. The summed E-state index contributed by atoms with van der Waals surface area (Å²) in [6.07, 6.45) is 4.41. The van der Waals surface area contributed by atoms with Crippen molar-refractivity contribution >= 4 is 5.97 Å². The number of aliphatic carboxylic acids is 1. The van der Waals surface area contributed by atoms with Crippen molar-refractivity contribution in [3.05, 3.63) is 53.5 Å². The van der Waals surface area contributed by atoms with Gasteiger partial charge in [0.1, 0.15) is 5.69 Å². The van der Waals surface area contributed by atoms with Crippen molar-refractivity contribution in [1.82, 2.24) is 14.9 Å². The highest BCUT2D eigenvalue weighted by Gasteiger charge is 2.43. The minimum Gasteiger partial charge on any atom is -0.481 e. The molecule has 0 aliphatic carbocycles. The molecule has 25 heavy (non-hydrogen) atoms. The van der Waals surface area contributed by atoms with E-state index in [1.807, 2.05) is 31.2 Å². The van der Waals surface area contributed by atoms with Gasteiger partial charge in [0.25, 0.3) is 0 Å². The van der Waals surface area contributed by atoms with E-state index in [-0.39, 0.29) is 0 Å². The second-order valence-electron chi connectivity index (χ2n) is 6.54. The van der Waals surface area contributed by atoms with Gasteiger partial charge in [0.15, 0.2) is 0 Å². The van der Waals surface area contributed by atoms with Gasteiger partial charge < -0.3 is 9.84 Å². The van der Waals surface area contributed by atoms with Gasteiger partial charge in [-0.1, -0.05) is 29.8 Å². The first kappa shape index (κ1) is 17.4. The predicted molar refractivity (Wildman–Crippen MR) is 93.6 cm³/mol. The zero-order valence-electron chi connectivity index (χ0n) is 14.6. The van der Waals surface area contributed by atoms with Gasteiger partial charge in [-0.15, -0.1) is 0 Å². The average molecular weight is 341 g/mol. The molecular formula is C19H23N3O3. The second-order valence-corrected chi connectivity index (χ2v) is 6.54. The van der Waals surface area contributed by atoms with E-state index in [0.29, 0.717) is 38.4 Å². The van der Waals surface area contributed by atoms with Gasteiger partial charge in [-0.25, -0.2) is 4.98 Å². The maximum Gasteiger partial charge on any atom is 0.314 e. The summed E-state index contributed by atoms with van der Waals surface area (Å²) in [5, 5.41) is 9.91. The Morgan fingerprint density at radius 2 is 1.84 bits per heavy atom. The number of carboxylic acid groups (broad SMARTS) is 1. The Morgan fingerprint density at radius 1 is 1.20 bits per heavy atom. The number of rotatable bonds is 5. The number of hydrogen-bond acceptors (Lipinski definition) is 5. The molecule has 0 bridgehead atoms. The van der Waals surface area contributed by atoms with Crippen LogP contribution in [0, 0.1) is 6.92 Å². The lowest BCUT2D eigenvalue weighted by molar-refractivity contribution is -0.146. The van der Waals surface area contributed by atoms with Crippen LogP contribution < -0.4 is 4.74 Å². The van der Waals surface area contributed by atoms with E-state index in [9.17, 15) is 9.90 Å². The SMILES string of the molecule is COc1nccnc1CN1CCC(C(=O)O)(c2ccc(C)cc2)CC1. The Balaban J connectivity index is 1.74. The molecule has 0 amide bonds. The van der Waals surface area contributed by atoms with E-state index in [1.54, 1.807) is 19.5 Å². The van der Waals surface area contributed by atoms with E-state index in [0.717, 1.165) is 16.8 Å². The van der Waals surface area contributed by atoms with Crippen molar-refractivity contribution in [2.75, 3.05) is 20.2 Å². The quantitative estimate of drug-likeness (QED) is 0.900. The smallest absolute Gasteiger partial charge is 0.314 e. The Kier molecular flexibility index (Phi) is 4.99. The molecule has 0 radical (unpaired) electrons. The van der Waals surface area contributed by atoms with Crippen LogP contribution in [-0.4, -0.2) is 46.1 Å². The van der Waals surface area contributed by atoms with Crippen molar-refractivity contribution in [3.63, 3.8) is 0 Å². The molecule has 1 fully saturated rings. The zero-order chi connectivity index (χ0) is 17.9. The third kappa shape index (κ3) is 3.49. The molecule has 1 saturated heterocycles. The first-order chi connectivity index (χ1) is 12.0. The van der Waals surface area contributed by atoms with Crippen LogP contribution >= 0.6 is 0 Å². The van der Waals surface area contributed by atoms with Gasteiger partial charge in [-0.3, -0.25) is 14.7 Å². The third-order valence-electron chi connectivity index (χ3n) is 5.03. The van der Waals surface area contributed by atoms with Crippen molar-refractivity contribution < 1.29 is 14.6 Å². The third-order valence-corrected chi connectivity index (χ3v) is 5.03. The van der Waals surface area contributed by atoms with Crippen molar-refractivity contribution in [2.24, 2.45) is 0 Å². The van der Waals surface area contributed by atoms with E-state index in [1.165, 1.54) is 0 Å². The van der Waals surface area contributed by atoms with Crippen LogP contribution in [0.25, 0.3) is 0 Å². The number of aryl methyl sites for hydroxylation is 1. The van der Waals surface area contributed by atoms with Crippen LogP contribution in [0.3, 0.4) is 0 Å². The number of carbonyl (C=O) groups is 1. The van der Waals surface area contributed by atoms with E-state index >= 15 is 0 Å². The fraction of sp³-hybridized carbons (Fsp3) is 0.421. The summed E-state index contributed by atoms with van der Waals surface area (Å²) in [6.45, 7) is 4.01. The molecule has 2 aromatic rings. The summed E-state index contributed by atoms with van der Waals surface area (Å²) in [7, 11) is 1.58. The summed E-state index contributed by atoms with van der Waals surface area (Å²) in [4.78, 5) is 22.8. The normalized spacial score (nSPS) is 17.2. The fourth-order valence-corrected chi connectivity index (χ4v) is 3.44. The number of aromatic nitrogens is 2. The summed E-state index contributed by atoms with van der Waals surface area (Å²) in [6, 6.07) is 7.86. The lowest BCUT2D eigenvalue weighted by Gasteiger charge is -2.39. The molecule has 1 aromatic carbocycles. The van der Waals surface area contributed by atoms with Crippen LogP contribution in [0.2, 0.25) is 0 Å². The number of methoxy groups -OCH3 is 1. The largest absolute Gasteiger partial charge is 0.481 e. The van der Waals surface area contributed by atoms with Crippen LogP contribution in [-0.2, 0) is 16.8 Å². The Labute approximate surface area is 147 Å². The van der Waals surface area contributed by atoms with Crippen LogP contribution in [0.1, 0.15) is 29.7 Å². The highest BCUT2D eigenvalue weighted by atomic mass is 16.5. The molecule has 1 N–H and O–H groups in total. The number of benzene rings is 1. The minimum atomic E-state index is -0.809. The number of piperidine rings is 1. The van der Waals surface area contributed by atoms with Gasteiger partial charge in [0.05, 0.1) is 12.5 Å². The zero-order valence-corrected chi connectivity index (χ0v) is 14.6. The molecule has 1 aliphatic rings. The number of nitrogens with zero attached hydrogens (tertiary/aromatic N) is 3. The van der Waals surface area contributed by atoms with Gasteiger partial charge in [-0.05, 0) is 38.4 Å². The highest BCUT2D eigenvalue weighted by molar-refractivity contribution is 5.81. The summed E-state index contributed by atoms with van der Waals surface area (Å²) in [5.74, 6) is -0.218. The Bertz CT molecular complexity index is 738. The standard InChI is InChI=1S/C19H23N3O3/c1-14-3-5-15(6-4-14)19(18(23)24)7-11-22(12-8-19)13-16-17(25-2)21-10-9-20-16/h3-6,9-10H,7-8,11-13H2,1-2H3,(H,23,24). The maximum absolute atomic E-state index is 12.1. The highest BCUT2D eigenvalue weighted by Crippen LogP contribution is 2.36. The van der Waals surface area contributed by atoms with Gasteiger partial charge in [-0.2, -0.15) is 0 Å². The number of ether oxygens (including phenoxy) is 1. The molecule has 2 heterocycles. The Morgan fingerprint density at radius 3 is 2.44 bits per heavy atom. The summed E-state index contributed by atoms with van der Waals surface area (Å²) in [5.41, 5.74) is 2.00. The molecule has 1 aromatic heterocycles. The first-order valence-corrected chi connectivity index (χ1v) is 8.42. The van der Waals surface area contributed by atoms with Crippen LogP contribution in [0.15, 0.2) is 36.7 Å².